The predicted octanol–water partition coefficient (Wildman–Crippen LogP) is 5.06. The number of hydrogen-bond donors (Lipinski definition) is 1. The van der Waals surface area contributed by atoms with E-state index in [0.29, 0.717) is 17.3 Å². The van der Waals surface area contributed by atoms with Crippen LogP contribution < -0.4 is 10.1 Å². The number of carbonyl (C=O) groups is 1. The highest BCUT2D eigenvalue weighted by molar-refractivity contribution is 7.99. The molecular formula is C24H25N5O2S. The summed E-state index contributed by atoms with van der Waals surface area (Å²) >= 11 is 1.39. The van der Waals surface area contributed by atoms with Crippen LogP contribution in [0.5, 0.6) is 5.75 Å². The molecule has 0 aliphatic heterocycles. The molecule has 1 N–H and O–H groups in total. The van der Waals surface area contributed by atoms with Gasteiger partial charge in [-0.1, -0.05) is 37.1 Å². The number of aromatic nitrogens is 3. The summed E-state index contributed by atoms with van der Waals surface area (Å²) in [6.07, 6.45) is 5.79. The lowest BCUT2D eigenvalue weighted by Gasteiger charge is -2.25. The van der Waals surface area contributed by atoms with Gasteiger partial charge in [-0.2, -0.15) is 5.26 Å². The van der Waals surface area contributed by atoms with Crippen LogP contribution in [0, 0.1) is 11.3 Å². The normalized spacial score (nSPS) is 14.0. The van der Waals surface area contributed by atoms with Gasteiger partial charge in [-0.3, -0.25) is 9.36 Å². The lowest BCUT2D eigenvalue weighted by molar-refractivity contribution is -0.113. The van der Waals surface area contributed by atoms with E-state index in [0.717, 1.165) is 35.1 Å². The third kappa shape index (κ3) is 5.11. The zero-order valence-corrected chi connectivity index (χ0v) is 18.8. The molecule has 4 rings (SSSR count). The van der Waals surface area contributed by atoms with E-state index < -0.39 is 0 Å². The number of nitrogens with zero attached hydrogens (tertiary/aromatic N) is 4. The van der Waals surface area contributed by atoms with E-state index in [4.69, 9.17) is 10.00 Å². The highest BCUT2D eigenvalue weighted by Gasteiger charge is 2.24. The zero-order chi connectivity index (χ0) is 22.3. The maximum atomic E-state index is 12.5. The average Bonchev–Trinajstić information content (AvgIpc) is 3.27. The van der Waals surface area contributed by atoms with Gasteiger partial charge in [0.1, 0.15) is 5.75 Å². The van der Waals surface area contributed by atoms with Crippen molar-refractivity contribution >= 4 is 23.4 Å². The Bertz CT molecular complexity index is 1110. The Kier molecular flexibility index (Phi) is 7.07. The first-order valence-corrected chi connectivity index (χ1v) is 11.7. The third-order valence-corrected chi connectivity index (χ3v) is 6.50. The van der Waals surface area contributed by atoms with Crippen LogP contribution in [-0.4, -0.2) is 33.5 Å². The topological polar surface area (TPSA) is 92.8 Å². The van der Waals surface area contributed by atoms with Crippen molar-refractivity contribution < 1.29 is 9.53 Å². The van der Waals surface area contributed by atoms with E-state index in [2.05, 4.69) is 26.2 Å². The fourth-order valence-corrected chi connectivity index (χ4v) is 4.78. The first-order valence-electron chi connectivity index (χ1n) is 10.7. The van der Waals surface area contributed by atoms with Crippen LogP contribution in [0.15, 0.2) is 53.7 Å². The van der Waals surface area contributed by atoms with Crippen molar-refractivity contribution in [2.45, 2.75) is 43.3 Å². The smallest absolute Gasteiger partial charge is 0.234 e. The number of methoxy groups -OCH3 is 1. The fourth-order valence-electron chi connectivity index (χ4n) is 3.97. The Morgan fingerprint density at radius 1 is 1.19 bits per heavy atom. The van der Waals surface area contributed by atoms with Crippen molar-refractivity contribution in [3.8, 4) is 23.2 Å². The van der Waals surface area contributed by atoms with Crippen molar-refractivity contribution in [2.75, 3.05) is 18.2 Å². The van der Waals surface area contributed by atoms with Gasteiger partial charge in [0.05, 0.1) is 24.5 Å². The number of thioether (sulfide) groups is 1. The Labute approximate surface area is 191 Å². The molecule has 1 aliphatic carbocycles. The molecule has 7 nitrogen and oxygen atoms in total. The highest BCUT2D eigenvalue weighted by atomic mass is 32.2. The second kappa shape index (κ2) is 10.3. The van der Waals surface area contributed by atoms with Gasteiger partial charge in [0, 0.05) is 17.3 Å². The van der Waals surface area contributed by atoms with Gasteiger partial charge >= 0.3 is 0 Å². The van der Waals surface area contributed by atoms with E-state index in [9.17, 15) is 4.79 Å². The fraction of sp³-hybridized carbons (Fsp3) is 0.333. The average molecular weight is 448 g/mol. The monoisotopic (exact) mass is 447 g/mol. The minimum absolute atomic E-state index is 0.144. The molecular weight excluding hydrogens is 422 g/mol. The lowest BCUT2D eigenvalue weighted by Crippen LogP contribution is -2.17. The SMILES string of the molecule is COc1ccc(-c2nnc(SCC(=O)Nc3cccc(C#N)c3)n2C2CCCCC2)cc1. The van der Waals surface area contributed by atoms with E-state index in [-0.39, 0.29) is 11.7 Å². The summed E-state index contributed by atoms with van der Waals surface area (Å²) in [6.45, 7) is 0. The van der Waals surface area contributed by atoms with Crippen molar-refractivity contribution in [1.82, 2.24) is 14.8 Å². The van der Waals surface area contributed by atoms with Crippen molar-refractivity contribution in [1.29, 1.82) is 5.26 Å². The molecule has 3 aromatic rings. The molecule has 1 saturated carbocycles. The molecule has 1 aromatic heterocycles. The molecule has 0 unspecified atom stereocenters. The molecule has 0 saturated heterocycles. The first-order chi connectivity index (χ1) is 15.7. The van der Waals surface area contributed by atoms with E-state index >= 15 is 0 Å². The van der Waals surface area contributed by atoms with Crippen molar-refractivity contribution in [3.05, 3.63) is 54.1 Å². The standard InChI is InChI=1S/C24H25N5O2S/c1-31-21-12-10-18(11-13-21)23-27-28-24(29(23)20-8-3-2-4-9-20)32-16-22(30)26-19-7-5-6-17(14-19)15-25/h5-7,10-14,20H,2-4,8-9,16H2,1H3,(H,26,30). The summed E-state index contributed by atoms with van der Waals surface area (Å²) in [7, 11) is 1.65. The molecule has 0 bridgehead atoms. The number of nitriles is 1. The van der Waals surface area contributed by atoms with Crippen LogP contribution in [0.2, 0.25) is 0 Å². The molecule has 1 aliphatic rings. The number of amides is 1. The highest BCUT2D eigenvalue weighted by Crippen LogP contribution is 2.36. The van der Waals surface area contributed by atoms with Gasteiger partial charge in [-0.25, -0.2) is 0 Å². The Morgan fingerprint density at radius 3 is 2.69 bits per heavy atom. The molecule has 8 heteroatoms. The number of hydrogen-bond acceptors (Lipinski definition) is 6. The van der Waals surface area contributed by atoms with Crippen LogP contribution >= 0.6 is 11.8 Å². The second-order valence-electron chi connectivity index (χ2n) is 7.73. The maximum absolute atomic E-state index is 12.5. The molecule has 0 radical (unpaired) electrons. The van der Waals surface area contributed by atoms with Crippen LogP contribution in [-0.2, 0) is 4.79 Å². The summed E-state index contributed by atoms with van der Waals surface area (Å²) in [5, 5.41) is 21.6. The second-order valence-corrected chi connectivity index (χ2v) is 8.67. The summed E-state index contributed by atoms with van der Waals surface area (Å²) < 4.78 is 7.48. The molecule has 1 amide bonds. The van der Waals surface area contributed by atoms with Gasteiger partial charge in [-0.15, -0.1) is 10.2 Å². The summed E-state index contributed by atoms with van der Waals surface area (Å²) in [5.74, 6) is 1.69. The van der Waals surface area contributed by atoms with Crippen LogP contribution in [0.4, 0.5) is 5.69 Å². The minimum atomic E-state index is -0.144. The third-order valence-electron chi connectivity index (χ3n) is 5.56. The number of nitrogens with one attached hydrogen (secondary N) is 1. The van der Waals surface area contributed by atoms with Gasteiger partial charge in [0.25, 0.3) is 0 Å². The Morgan fingerprint density at radius 2 is 1.97 bits per heavy atom. The molecule has 164 valence electrons. The lowest BCUT2D eigenvalue weighted by atomic mass is 9.95. The summed E-state index contributed by atoms with van der Waals surface area (Å²) in [6, 6.07) is 17.1. The van der Waals surface area contributed by atoms with Crippen molar-refractivity contribution in [2.24, 2.45) is 0 Å². The Hall–Kier alpha value is -3.31. The number of ether oxygens (including phenoxy) is 1. The van der Waals surface area contributed by atoms with E-state index in [1.807, 2.05) is 24.3 Å². The zero-order valence-electron chi connectivity index (χ0n) is 18.0. The quantitative estimate of drug-likeness (QED) is 0.509. The molecule has 0 atom stereocenters. The van der Waals surface area contributed by atoms with Gasteiger partial charge in [0.15, 0.2) is 11.0 Å². The van der Waals surface area contributed by atoms with Crippen molar-refractivity contribution in [3.63, 3.8) is 0 Å². The molecule has 2 aromatic carbocycles. The summed E-state index contributed by atoms with van der Waals surface area (Å²) in [4.78, 5) is 12.5. The Balaban J connectivity index is 1.52. The van der Waals surface area contributed by atoms with Gasteiger partial charge in [-0.05, 0) is 55.3 Å². The molecule has 32 heavy (non-hydrogen) atoms. The molecule has 1 fully saturated rings. The predicted molar refractivity (Wildman–Crippen MR) is 125 cm³/mol. The number of carbonyl (C=O) groups excluding carboxylic acids is 1. The van der Waals surface area contributed by atoms with E-state index in [1.165, 1.54) is 31.0 Å². The first kappa shape index (κ1) is 21.9. The van der Waals surface area contributed by atoms with Gasteiger partial charge < -0.3 is 10.1 Å². The minimum Gasteiger partial charge on any atom is -0.497 e. The van der Waals surface area contributed by atoms with Gasteiger partial charge in [0.2, 0.25) is 5.91 Å². The number of benzene rings is 2. The summed E-state index contributed by atoms with van der Waals surface area (Å²) in [5.41, 5.74) is 2.10. The number of anilines is 1. The molecule has 0 spiro atoms. The number of rotatable bonds is 7. The largest absolute Gasteiger partial charge is 0.497 e. The maximum Gasteiger partial charge on any atom is 0.234 e. The van der Waals surface area contributed by atoms with Crippen LogP contribution in [0.25, 0.3) is 11.4 Å². The van der Waals surface area contributed by atoms with Crippen LogP contribution in [0.3, 0.4) is 0 Å². The van der Waals surface area contributed by atoms with E-state index in [1.54, 1.807) is 31.4 Å². The molecule has 1 heterocycles. The van der Waals surface area contributed by atoms with Crippen LogP contribution in [0.1, 0.15) is 43.7 Å².